The first kappa shape index (κ1) is 22.4. The number of hydrogen-bond acceptors (Lipinski definition) is 4. The molecular formula is C26H25BrN2O3. The molecule has 0 saturated heterocycles. The van der Waals surface area contributed by atoms with Crippen molar-refractivity contribution in [2.45, 2.75) is 45.3 Å². The average molecular weight is 493 g/mol. The van der Waals surface area contributed by atoms with Crippen molar-refractivity contribution < 1.29 is 14.7 Å². The third-order valence-electron chi connectivity index (χ3n) is 6.08. The van der Waals surface area contributed by atoms with Gasteiger partial charge in [-0.25, -0.2) is 0 Å². The van der Waals surface area contributed by atoms with Gasteiger partial charge in [0.1, 0.15) is 0 Å². The zero-order chi connectivity index (χ0) is 23.0. The van der Waals surface area contributed by atoms with Crippen molar-refractivity contribution in [2.24, 2.45) is 0 Å². The molecule has 1 aromatic heterocycles. The maximum atomic E-state index is 13.6. The fraction of sp³-hybridized carbons (Fsp3) is 0.269. The number of pyridine rings is 1. The Morgan fingerprint density at radius 3 is 2.53 bits per heavy atom. The molecule has 0 fully saturated rings. The van der Waals surface area contributed by atoms with Gasteiger partial charge in [0.2, 0.25) is 0 Å². The Labute approximate surface area is 196 Å². The van der Waals surface area contributed by atoms with Gasteiger partial charge in [-0.1, -0.05) is 48.0 Å². The summed E-state index contributed by atoms with van der Waals surface area (Å²) in [4.78, 5) is 32.0. The molecule has 1 atom stereocenters. The number of anilines is 1. The minimum atomic E-state index is -1.93. The summed E-state index contributed by atoms with van der Waals surface area (Å²) in [5, 5.41) is 11.6. The minimum absolute atomic E-state index is 0.311. The molecule has 0 spiro atoms. The van der Waals surface area contributed by atoms with E-state index in [-0.39, 0.29) is 12.2 Å². The van der Waals surface area contributed by atoms with Crippen LogP contribution in [0.3, 0.4) is 0 Å². The number of halogens is 1. The van der Waals surface area contributed by atoms with Crippen LogP contribution in [0.5, 0.6) is 0 Å². The maximum absolute atomic E-state index is 13.6. The van der Waals surface area contributed by atoms with Crippen LogP contribution in [0.25, 0.3) is 0 Å². The smallest absolute Gasteiger partial charge is 0.264 e. The molecule has 3 aromatic rings. The summed E-state index contributed by atoms with van der Waals surface area (Å²) >= 11 is 3.44. The van der Waals surface area contributed by atoms with Gasteiger partial charge >= 0.3 is 0 Å². The second kappa shape index (κ2) is 8.60. The second-order valence-electron chi connectivity index (χ2n) is 8.59. The lowest BCUT2D eigenvalue weighted by Crippen LogP contribution is -2.41. The molecule has 32 heavy (non-hydrogen) atoms. The highest BCUT2D eigenvalue weighted by molar-refractivity contribution is 9.10. The number of aromatic nitrogens is 1. The van der Waals surface area contributed by atoms with E-state index >= 15 is 0 Å². The van der Waals surface area contributed by atoms with Gasteiger partial charge in [0.05, 0.1) is 18.7 Å². The van der Waals surface area contributed by atoms with Gasteiger partial charge < -0.3 is 10.0 Å². The summed E-state index contributed by atoms with van der Waals surface area (Å²) in [5.41, 5.74) is 2.83. The Morgan fingerprint density at radius 1 is 1.12 bits per heavy atom. The predicted octanol–water partition coefficient (Wildman–Crippen LogP) is 5.28. The number of hydrogen-bond donors (Lipinski definition) is 1. The summed E-state index contributed by atoms with van der Waals surface area (Å²) in [6.45, 7) is 6.60. The number of carbonyl (C=O) groups excluding carboxylic acids is 2. The zero-order valence-corrected chi connectivity index (χ0v) is 19.9. The number of ketones is 1. The van der Waals surface area contributed by atoms with Crippen molar-refractivity contribution in [3.05, 3.63) is 93.2 Å². The van der Waals surface area contributed by atoms with Crippen molar-refractivity contribution in [1.82, 2.24) is 4.98 Å². The van der Waals surface area contributed by atoms with E-state index < -0.39 is 11.5 Å². The third-order valence-corrected chi connectivity index (χ3v) is 6.57. The van der Waals surface area contributed by atoms with Gasteiger partial charge in [0.25, 0.3) is 5.91 Å². The molecule has 1 N–H and O–H groups in total. The van der Waals surface area contributed by atoms with Crippen LogP contribution in [0.4, 0.5) is 5.69 Å². The van der Waals surface area contributed by atoms with E-state index in [4.69, 9.17) is 0 Å². The first-order valence-corrected chi connectivity index (χ1v) is 11.4. The number of amides is 1. The van der Waals surface area contributed by atoms with Crippen LogP contribution in [0.15, 0.2) is 65.4 Å². The molecule has 2 aromatic carbocycles. The summed E-state index contributed by atoms with van der Waals surface area (Å²) in [6, 6.07) is 14.8. The van der Waals surface area contributed by atoms with Crippen molar-refractivity contribution in [3.8, 4) is 0 Å². The average Bonchev–Trinajstić information content (AvgIpc) is 2.97. The van der Waals surface area contributed by atoms with Gasteiger partial charge in [-0.05, 0) is 59.9 Å². The van der Waals surface area contributed by atoms with Crippen molar-refractivity contribution in [1.29, 1.82) is 0 Å². The number of benzene rings is 2. The number of fused-ring (bicyclic) bond motifs is 1. The molecular weight excluding hydrogens is 468 g/mol. The van der Waals surface area contributed by atoms with Crippen LogP contribution < -0.4 is 4.90 Å². The van der Waals surface area contributed by atoms with Crippen molar-refractivity contribution >= 4 is 33.3 Å². The SMILES string of the molecule is Cc1ccc(C(C)C)cc1CN1C(=O)[C@@](O)(CC(=O)c2ccncc2)c2cc(Br)ccc21. The van der Waals surface area contributed by atoms with Gasteiger partial charge in [0.15, 0.2) is 11.4 Å². The Balaban J connectivity index is 1.73. The molecule has 164 valence electrons. The Hall–Kier alpha value is -2.83. The lowest BCUT2D eigenvalue weighted by Gasteiger charge is -2.24. The quantitative estimate of drug-likeness (QED) is 0.475. The number of carbonyl (C=O) groups is 2. The highest BCUT2D eigenvalue weighted by Crippen LogP contribution is 2.45. The molecule has 0 aliphatic carbocycles. The van der Waals surface area contributed by atoms with E-state index in [1.807, 2.05) is 19.1 Å². The summed E-state index contributed by atoms with van der Waals surface area (Å²) < 4.78 is 0.735. The normalized spacial score (nSPS) is 17.7. The Kier molecular flexibility index (Phi) is 6.01. The first-order valence-electron chi connectivity index (χ1n) is 10.6. The largest absolute Gasteiger partial charge is 0.375 e. The molecule has 2 heterocycles. The van der Waals surface area contributed by atoms with E-state index in [9.17, 15) is 14.7 Å². The van der Waals surface area contributed by atoms with E-state index in [0.29, 0.717) is 29.3 Å². The zero-order valence-electron chi connectivity index (χ0n) is 18.3. The highest BCUT2D eigenvalue weighted by atomic mass is 79.9. The summed E-state index contributed by atoms with van der Waals surface area (Å²) in [7, 11) is 0. The Bertz CT molecular complexity index is 1190. The van der Waals surface area contributed by atoms with Gasteiger partial charge in [-0.2, -0.15) is 0 Å². The monoisotopic (exact) mass is 492 g/mol. The minimum Gasteiger partial charge on any atom is -0.375 e. The number of aliphatic hydroxyl groups is 1. The maximum Gasteiger partial charge on any atom is 0.264 e. The van der Waals surface area contributed by atoms with E-state index in [1.54, 1.807) is 23.1 Å². The third kappa shape index (κ3) is 4.00. The molecule has 4 rings (SSSR count). The fourth-order valence-electron chi connectivity index (χ4n) is 4.11. The van der Waals surface area contributed by atoms with E-state index in [0.717, 1.165) is 15.6 Å². The van der Waals surface area contributed by atoms with Gasteiger partial charge in [-0.15, -0.1) is 0 Å². The molecule has 0 bridgehead atoms. The molecule has 1 aliphatic rings. The lowest BCUT2D eigenvalue weighted by molar-refractivity contribution is -0.136. The lowest BCUT2D eigenvalue weighted by atomic mass is 9.88. The van der Waals surface area contributed by atoms with Crippen LogP contribution in [-0.2, 0) is 16.9 Å². The fourth-order valence-corrected chi connectivity index (χ4v) is 4.48. The molecule has 1 amide bonds. The van der Waals surface area contributed by atoms with E-state index in [2.05, 4.69) is 53.0 Å². The van der Waals surface area contributed by atoms with Crippen LogP contribution in [0, 0.1) is 6.92 Å². The molecule has 0 radical (unpaired) electrons. The Morgan fingerprint density at radius 2 is 1.84 bits per heavy atom. The summed E-state index contributed by atoms with van der Waals surface area (Å²) in [6.07, 6.45) is 2.71. The van der Waals surface area contributed by atoms with Crippen LogP contribution >= 0.6 is 15.9 Å². The molecule has 1 aliphatic heterocycles. The molecule has 6 heteroatoms. The highest BCUT2D eigenvalue weighted by Gasteiger charge is 2.51. The van der Waals surface area contributed by atoms with Crippen LogP contribution in [0.1, 0.15) is 58.8 Å². The molecule has 5 nitrogen and oxygen atoms in total. The van der Waals surface area contributed by atoms with Gasteiger partial charge in [-0.3, -0.25) is 14.6 Å². The first-order chi connectivity index (χ1) is 15.2. The van der Waals surface area contributed by atoms with Crippen LogP contribution in [0.2, 0.25) is 0 Å². The molecule has 0 saturated carbocycles. The number of nitrogens with zero attached hydrogens (tertiary/aromatic N) is 2. The van der Waals surface area contributed by atoms with Gasteiger partial charge in [0, 0.05) is 28.0 Å². The topological polar surface area (TPSA) is 70.5 Å². The predicted molar refractivity (Wildman–Crippen MR) is 128 cm³/mol. The number of Topliss-reactive ketones (excluding diaryl/α,β-unsaturated/α-hetero) is 1. The summed E-state index contributed by atoms with van der Waals surface area (Å²) in [5.74, 6) is -0.432. The van der Waals surface area contributed by atoms with E-state index in [1.165, 1.54) is 18.0 Å². The van der Waals surface area contributed by atoms with Crippen molar-refractivity contribution in [2.75, 3.05) is 4.90 Å². The van der Waals surface area contributed by atoms with Crippen molar-refractivity contribution in [3.63, 3.8) is 0 Å². The standard InChI is InChI=1S/C26H25BrN2O3/c1-16(2)19-5-4-17(3)20(12-19)15-29-23-7-6-21(27)13-22(23)26(32,25(29)31)14-24(30)18-8-10-28-11-9-18/h4-13,16,32H,14-15H2,1-3H3/t26-/m1/s1. The molecule has 0 unspecified atom stereocenters. The number of aryl methyl sites for hydroxylation is 1. The number of rotatable bonds is 6. The van der Waals surface area contributed by atoms with Crippen LogP contribution in [-0.4, -0.2) is 21.8 Å². The second-order valence-corrected chi connectivity index (χ2v) is 9.51.